The number of benzene rings is 2. The smallest absolute Gasteiger partial charge is 0.321 e. The zero-order valence-electron chi connectivity index (χ0n) is 16.1. The third-order valence-corrected chi connectivity index (χ3v) is 4.87. The fourth-order valence-electron chi connectivity index (χ4n) is 3.27. The van der Waals surface area contributed by atoms with Gasteiger partial charge in [0, 0.05) is 12.2 Å². The van der Waals surface area contributed by atoms with Crippen molar-refractivity contribution in [2.75, 3.05) is 44.7 Å². The molecule has 1 saturated heterocycles. The molecular formula is C21H27N4O3+. The standard InChI is InChI=1S/C21H26N4O3/c1-28-19-9-7-18(8-10-19)25-13-11-24(12-14-25)16-20(26)23-21(27)22-15-17-5-3-2-4-6-17/h2-10H,11-16H2,1H3,(H2,22,23,26,27)/p+1. The van der Waals surface area contributed by atoms with Crippen LogP contribution >= 0.6 is 0 Å². The lowest BCUT2D eigenvalue weighted by Crippen LogP contribution is -3.16. The van der Waals surface area contributed by atoms with Crippen molar-refractivity contribution in [3.8, 4) is 5.75 Å². The molecule has 0 bridgehead atoms. The number of ether oxygens (including phenoxy) is 1. The normalized spacial score (nSPS) is 14.4. The van der Waals surface area contributed by atoms with E-state index in [9.17, 15) is 9.59 Å². The van der Waals surface area contributed by atoms with Crippen LogP contribution < -0.4 is 25.2 Å². The summed E-state index contributed by atoms with van der Waals surface area (Å²) in [6, 6.07) is 17.1. The van der Waals surface area contributed by atoms with Crippen LogP contribution in [0.25, 0.3) is 0 Å². The lowest BCUT2D eigenvalue weighted by atomic mass is 10.2. The molecule has 2 aromatic rings. The van der Waals surface area contributed by atoms with E-state index < -0.39 is 6.03 Å². The number of carbonyl (C=O) groups excluding carboxylic acids is 2. The van der Waals surface area contributed by atoms with Gasteiger partial charge in [0.1, 0.15) is 5.75 Å². The Balaban J connectivity index is 1.37. The summed E-state index contributed by atoms with van der Waals surface area (Å²) in [5, 5.41) is 5.12. The van der Waals surface area contributed by atoms with Crippen LogP contribution in [-0.4, -0.2) is 51.8 Å². The van der Waals surface area contributed by atoms with Gasteiger partial charge in [-0.2, -0.15) is 0 Å². The maximum absolute atomic E-state index is 12.1. The summed E-state index contributed by atoms with van der Waals surface area (Å²) < 4.78 is 5.19. The minimum Gasteiger partial charge on any atom is -0.497 e. The number of rotatable bonds is 6. The van der Waals surface area contributed by atoms with Crippen molar-refractivity contribution < 1.29 is 19.2 Å². The van der Waals surface area contributed by atoms with E-state index in [1.807, 2.05) is 54.6 Å². The molecule has 2 aromatic carbocycles. The van der Waals surface area contributed by atoms with Gasteiger partial charge >= 0.3 is 6.03 Å². The number of carbonyl (C=O) groups is 2. The quantitative estimate of drug-likeness (QED) is 0.676. The Kier molecular flexibility index (Phi) is 6.86. The van der Waals surface area contributed by atoms with E-state index in [1.54, 1.807) is 7.11 Å². The number of urea groups is 1. The summed E-state index contributed by atoms with van der Waals surface area (Å²) in [5.74, 6) is 0.591. The number of methoxy groups -OCH3 is 1. The van der Waals surface area contributed by atoms with E-state index in [-0.39, 0.29) is 5.91 Å². The Morgan fingerprint density at radius 1 is 1.04 bits per heavy atom. The second-order valence-electron chi connectivity index (χ2n) is 6.83. The summed E-state index contributed by atoms with van der Waals surface area (Å²) in [5.41, 5.74) is 2.15. The molecule has 7 heteroatoms. The average Bonchev–Trinajstić information content (AvgIpc) is 2.73. The second-order valence-corrected chi connectivity index (χ2v) is 6.83. The number of hydrogen-bond acceptors (Lipinski definition) is 4. The highest BCUT2D eigenvalue weighted by Gasteiger charge is 2.23. The van der Waals surface area contributed by atoms with Crippen molar-refractivity contribution >= 4 is 17.6 Å². The number of piperazine rings is 1. The van der Waals surface area contributed by atoms with Crippen LogP contribution in [0.2, 0.25) is 0 Å². The lowest BCUT2D eigenvalue weighted by Gasteiger charge is -2.33. The molecule has 0 unspecified atom stereocenters. The summed E-state index contributed by atoms with van der Waals surface area (Å²) >= 11 is 0. The first-order valence-corrected chi connectivity index (χ1v) is 9.48. The zero-order valence-corrected chi connectivity index (χ0v) is 16.1. The molecule has 0 atom stereocenters. The number of anilines is 1. The Hall–Kier alpha value is -3.06. The third-order valence-electron chi connectivity index (χ3n) is 4.87. The molecule has 0 radical (unpaired) electrons. The van der Waals surface area contributed by atoms with Crippen molar-refractivity contribution in [3.05, 3.63) is 60.2 Å². The molecule has 3 N–H and O–H groups in total. The van der Waals surface area contributed by atoms with E-state index in [1.165, 1.54) is 4.90 Å². The minimum absolute atomic E-state index is 0.251. The van der Waals surface area contributed by atoms with Gasteiger partial charge in [0.2, 0.25) is 0 Å². The Morgan fingerprint density at radius 2 is 1.71 bits per heavy atom. The highest BCUT2D eigenvalue weighted by Crippen LogP contribution is 2.18. The number of quaternary nitrogens is 1. The molecule has 7 nitrogen and oxygen atoms in total. The van der Waals surface area contributed by atoms with E-state index in [2.05, 4.69) is 15.5 Å². The SMILES string of the molecule is COc1ccc(N2CC[NH+](CC(=O)NC(=O)NCc3ccccc3)CC2)cc1. The van der Waals surface area contributed by atoms with Crippen molar-refractivity contribution in [1.82, 2.24) is 10.6 Å². The first kappa shape index (κ1) is 19.7. The fourth-order valence-corrected chi connectivity index (χ4v) is 3.27. The first-order valence-electron chi connectivity index (χ1n) is 9.48. The van der Waals surface area contributed by atoms with Gasteiger partial charge < -0.3 is 19.9 Å². The molecule has 0 spiro atoms. The number of nitrogens with zero attached hydrogens (tertiary/aromatic N) is 1. The highest BCUT2D eigenvalue weighted by atomic mass is 16.5. The molecule has 28 heavy (non-hydrogen) atoms. The van der Waals surface area contributed by atoms with E-state index >= 15 is 0 Å². The van der Waals surface area contributed by atoms with Crippen LogP contribution in [0.3, 0.4) is 0 Å². The molecule has 1 fully saturated rings. The fraction of sp³-hybridized carbons (Fsp3) is 0.333. The molecule has 148 valence electrons. The molecule has 1 heterocycles. The molecule has 0 aromatic heterocycles. The topological polar surface area (TPSA) is 75.1 Å². The van der Waals surface area contributed by atoms with Crippen molar-refractivity contribution in [3.63, 3.8) is 0 Å². The maximum Gasteiger partial charge on any atom is 0.321 e. The van der Waals surface area contributed by atoms with Gasteiger partial charge in [-0.25, -0.2) is 4.79 Å². The number of amides is 3. The molecule has 3 rings (SSSR count). The van der Waals surface area contributed by atoms with Crippen LogP contribution in [0.1, 0.15) is 5.56 Å². The van der Waals surface area contributed by atoms with E-state index in [4.69, 9.17) is 4.74 Å². The number of hydrogen-bond donors (Lipinski definition) is 3. The Morgan fingerprint density at radius 3 is 2.36 bits per heavy atom. The van der Waals surface area contributed by atoms with Gasteiger partial charge in [-0.1, -0.05) is 30.3 Å². The highest BCUT2D eigenvalue weighted by molar-refractivity contribution is 5.94. The van der Waals surface area contributed by atoms with Crippen LogP contribution in [0.15, 0.2) is 54.6 Å². The molecule has 1 aliphatic heterocycles. The van der Waals surface area contributed by atoms with Gasteiger partial charge in [-0.15, -0.1) is 0 Å². The van der Waals surface area contributed by atoms with Gasteiger partial charge in [0.15, 0.2) is 6.54 Å². The van der Waals surface area contributed by atoms with Crippen LogP contribution in [-0.2, 0) is 11.3 Å². The van der Waals surface area contributed by atoms with Crippen molar-refractivity contribution in [2.45, 2.75) is 6.54 Å². The van der Waals surface area contributed by atoms with Gasteiger partial charge in [0.05, 0.1) is 33.3 Å². The van der Waals surface area contributed by atoms with Crippen LogP contribution in [0.4, 0.5) is 10.5 Å². The molecule has 1 aliphatic rings. The Labute approximate surface area is 165 Å². The molecule has 0 aliphatic carbocycles. The largest absolute Gasteiger partial charge is 0.497 e. The average molecular weight is 383 g/mol. The van der Waals surface area contributed by atoms with Gasteiger partial charge in [-0.3, -0.25) is 10.1 Å². The lowest BCUT2D eigenvalue weighted by molar-refractivity contribution is -0.892. The van der Waals surface area contributed by atoms with Gasteiger partial charge in [-0.05, 0) is 29.8 Å². The van der Waals surface area contributed by atoms with E-state index in [0.29, 0.717) is 13.1 Å². The predicted molar refractivity (Wildman–Crippen MR) is 108 cm³/mol. The summed E-state index contributed by atoms with van der Waals surface area (Å²) in [6.45, 7) is 4.14. The Bertz CT molecular complexity index is 772. The van der Waals surface area contributed by atoms with Crippen molar-refractivity contribution in [2.24, 2.45) is 0 Å². The predicted octanol–water partition coefficient (Wildman–Crippen LogP) is 0.426. The third kappa shape index (κ3) is 5.72. The summed E-state index contributed by atoms with van der Waals surface area (Å²) in [6.07, 6.45) is 0. The number of imide groups is 1. The minimum atomic E-state index is -0.454. The van der Waals surface area contributed by atoms with E-state index in [0.717, 1.165) is 43.2 Å². The summed E-state index contributed by atoms with van der Waals surface area (Å²) in [4.78, 5) is 27.5. The zero-order chi connectivity index (χ0) is 19.8. The maximum atomic E-state index is 12.1. The van der Waals surface area contributed by atoms with Crippen LogP contribution in [0, 0.1) is 0 Å². The second kappa shape index (κ2) is 9.75. The van der Waals surface area contributed by atoms with Crippen molar-refractivity contribution in [1.29, 1.82) is 0 Å². The monoisotopic (exact) mass is 383 g/mol. The molecule has 3 amide bonds. The number of nitrogens with one attached hydrogen (secondary N) is 3. The molecular weight excluding hydrogens is 356 g/mol. The molecule has 0 saturated carbocycles. The summed E-state index contributed by atoms with van der Waals surface area (Å²) in [7, 11) is 1.66. The van der Waals surface area contributed by atoms with Crippen LogP contribution in [0.5, 0.6) is 5.75 Å². The van der Waals surface area contributed by atoms with Gasteiger partial charge in [0.25, 0.3) is 5.91 Å². The first-order chi connectivity index (χ1) is 13.6.